The summed E-state index contributed by atoms with van der Waals surface area (Å²) in [5.74, 6) is 0.0704. The van der Waals surface area contributed by atoms with Crippen molar-refractivity contribution < 1.29 is 14.3 Å². The molecule has 0 aromatic heterocycles. The number of likely N-dealkylation sites (tertiary alicyclic amines) is 1. The number of methoxy groups -OCH3 is 1. The second kappa shape index (κ2) is 7.64. The van der Waals surface area contributed by atoms with E-state index in [1.807, 2.05) is 30.3 Å². The maximum absolute atomic E-state index is 12.0. The third kappa shape index (κ3) is 4.75. The Bertz CT molecular complexity index is 478. The van der Waals surface area contributed by atoms with Gasteiger partial charge in [-0.3, -0.25) is 4.79 Å². The molecule has 1 saturated heterocycles. The quantitative estimate of drug-likeness (QED) is 0.759. The van der Waals surface area contributed by atoms with E-state index in [0.29, 0.717) is 32.7 Å². The lowest BCUT2D eigenvalue weighted by Crippen LogP contribution is -2.44. The minimum Gasteiger partial charge on any atom is -0.383 e. The van der Waals surface area contributed by atoms with Crippen LogP contribution in [-0.4, -0.2) is 49.7 Å². The molecule has 1 fully saturated rings. The minimum absolute atomic E-state index is 0.0704. The number of hydrogen-bond donors (Lipinski definition) is 2. The lowest BCUT2D eigenvalue weighted by Gasteiger charge is -2.17. The van der Waals surface area contributed by atoms with Crippen LogP contribution in [0.1, 0.15) is 12.0 Å². The fourth-order valence-electron chi connectivity index (χ4n) is 2.33. The number of ether oxygens (including phenoxy) is 1. The highest BCUT2D eigenvalue weighted by atomic mass is 16.5. The Morgan fingerprint density at radius 1 is 1.38 bits per heavy atom. The van der Waals surface area contributed by atoms with Crippen molar-refractivity contribution in [3.05, 3.63) is 35.9 Å². The molecule has 1 heterocycles. The van der Waals surface area contributed by atoms with E-state index in [0.717, 1.165) is 5.56 Å². The van der Waals surface area contributed by atoms with E-state index in [1.54, 1.807) is 12.0 Å². The molecule has 0 radical (unpaired) electrons. The number of carbonyl (C=O) groups is 2. The van der Waals surface area contributed by atoms with Gasteiger partial charge in [0.2, 0.25) is 5.91 Å². The molecule has 114 valence electrons. The number of rotatable bonds is 6. The summed E-state index contributed by atoms with van der Waals surface area (Å²) >= 11 is 0. The molecule has 2 N–H and O–H groups in total. The van der Waals surface area contributed by atoms with Crippen LogP contribution in [0.15, 0.2) is 30.3 Å². The lowest BCUT2D eigenvalue weighted by atomic mass is 10.2. The Labute approximate surface area is 124 Å². The molecule has 2 rings (SSSR count). The monoisotopic (exact) mass is 291 g/mol. The van der Waals surface area contributed by atoms with E-state index in [-0.39, 0.29) is 18.0 Å². The van der Waals surface area contributed by atoms with Crippen LogP contribution in [0.3, 0.4) is 0 Å². The number of nitrogens with one attached hydrogen (secondary N) is 2. The van der Waals surface area contributed by atoms with Crippen LogP contribution in [0.2, 0.25) is 0 Å². The van der Waals surface area contributed by atoms with Gasteiger partial charge in [-0.1, -0.05) is 30.3 Å². The maximum atomic E-state index is 12.0. The molecule has 1 aromatic rings. The number of benzene rings is 1. The largest absolute Gasteiger partial charge is 0.383 e. The predicted octanol–water partition coefficient (Wildman–Crippen LogP) is 0.733. The maximum Gasteiger partial charge on any atom is 0.315 e. The molecule has 0 bridgehead atoms. The summed E-state index contributed by atoms with van der Waals surface area (Å²) in [5, 5.41) is 5.50. The van der Waals surface area contributed by atoms with Crippen molar-refractivity contribution in [1.29, 1.82) is 0 Å². The van der Waals surface area contributed by atoms with Crippen molar-refractivity contribution in [2.75, 3.05) is 26.8 Å². The minimum atomic E-state index is -0.258. The van der Waals surface area contributed by atoms with Gasteiger partial charge in [-0.2, -0.15) is 0 Å². The summed E-state index contributed by atoms with van der Waals surface area (Å²) in [6.45, 7) is 2.06. The molecule has 6 nitrogen and oxygen atoms in total. The molecule has 21 heavy (non-hydrogen) atoms. The van der Waals surface area contributed by atoms with Gasteiger partial charge in [0.05, 0.1) is 12.6 Å². The zero-order chi connectivity index (χ0) is 15.1. The van der Waals surface area contributed by atoms with Gasteiger partial charge in [-0.05, 0) is 5.56 Å². The predicted molar refractivity (Wildman–Crippen MR) is 78.7 cm³/mol. The Kier molecular flexibility index (Phi) is 5.57. The van der Waals surface area contributed by atoms with Crippen molar-refractivity contribution >= 4 is 11.9 Å². The first kappa shape index (κ1) is 15.3. The first-order valence-electron chi connectivity index (χ1n) is 7.04. The molecule has 1 atom stereocenters. The van der Waals surface area contributed by atoms with Crippen molar-refractivity contribution in [2.45, 2.75) is 19.0 Å². The third-order valence-corrected chi connectivity index (χ3v) is 3.36. The molecular weight excluding hydrogens is 270 g/mol. The van der Waals surface area contributed by atoms with E-state index in [9.17, 15) is 9.59 Å². The van der Waals surface area contributed by atoms with E-state index >= 15 is 0 Å². The third-order valence-electron chi connectivity index (χ3n) is 3.36. The molecule has 1 aliphatic heterocycles. The Balaban J connectivity index is 1.78. The smallest absolute Gasteiger partial charge is 0.315 e. The topological polar surface area (TPSA) is 70.7 Å². The number of urea groups is 1. The van der Waals surface area contributed by atoms with Gasteiger partial charge in [0, 0.05) is 33.2 Å². The first-order chi connectivity index (χ1) is 10.2. The molecule has 0 spiro atoms. The zero-order valence-corrected chi connectivity index (χ0v) is 12.2. The summed E-state index contributed by atoms with van der Waals surface area (Å²) in [6, 6.07) is 9.44. The summed E-state index contributed by atoms with van der Waals surface area (Å²) in [4.78, 5) is 25.4. The average molecular weight is 291 g/mol. The number of hydrogen-bond acceptors (Lipinski definition) is 3. The number of carbonyl (C=O) groups excluding carboxylic acids is 2. The van der Waals surface area contributed by atoms with Gasteiger partial charge in [-0.25, -0.2) is 4.79 Å². The van der Waals surface area contributed by atoms with Gasteiger partial charge in [0.15, 0.2) is 0 Å². The van der Waals surface area contributed by atoms with Crippen molar-refractivity contribution in [1.82, 2.24) is 15.5 Å². The molecule has 3 amide bonds. The van der Waals surface area contributed by atoms with Crippen LogP contribution < -0.4 is 10.6 Å². The zero-order valence-electron chi connectivity index (χ0n) is 12.2. The Morgan fingerprint density at radius 3 is 2.86 bits per heavy atom. The Hall–Kier alpha value is -2.08. The fraction of sp³-hybridized carbons (Fsp3) is 0.467. The normalized spacial score (nSPS) is 17.9. The second-order valence-electron chi connectivity index (χ2n) is 5.05. The molecular formula is C15H21N3O3. The van der Waals surface area contributed by atoms with Gasteiger partial charge < -0.3 is 20.3 Å². The van der Waals surface area contributed by atoms with Crippen molar-refractivity contribution in [3.63, 3.8) is 0 Å². The molecule has 6 heteroatoms. The van der Waals surface area contributed by atoms with Crippen molar-refractivity contribution in [3.8, 4) is 0 Å². The summed E-state index contributed by atoms with van der Waals surface area (Å²) in [7, 11) is 1.58. The lowest BCUT2D eigenvalue weighted by molar-refractivity contribution is -0.128. The van der Waals surface area contributed by atoms with Gasteiger partial charge in [0.1, 0.15) is 0 Å². The standard InChI is InChI=1S/C15H21N3O3/c1-21-8-7-16-15(20)17-13-9-14(19)18(11-13)10-12-5-3-2-4-6-12/h2-6,13H,7-11H2,1H3,(H2,16,17,20). The summed E-state index contributed by atoms with van der Waals surface area (Å²) in [5.41, 5.74) is 1.09. The highest BCUT2D eigenvalue weighted by Crippen LogP contribution is 2.14. The Morgan fingerprint density at radius 2 is 2.14 bits per heavy atom. The van der Waals surface area contributed by atoms with Crippen LogP contribution in [0.25, 0.3) is 0 Å². The molecule has 0 aliphatic carbocycles. The van der Waals surface area contributed by atoms with Gasteiger partial charge in [0.25, 0.3) is 0 Å². The summed E-state index contributed by atoms with van der Waals surface area (Å²) < 4.78 is 4.86. The highest BCUT2D eigenvalue weighted by molar-refractivity contribution is 5.81. The van der Waals surface area contributed by atoms with Crippen molar-refractivity contribution in [2.24, 2.45) is 0 Å². The molecule has 1 aromatic carbocycles. The SMILES string of the molecule is COCCNC(=O)NC1CC(=O)N(Cc2ccccc2)C1. The second-order valence-corrected chi connectivity index (χ2v) is 5.05. The first-order valence-corrected chi connectivity index (χ1v) is 7.04. The number of nitrogens with zero attached hydrogens (tertiary/aromatic N) is 1. The van der Waals surface area contributed by atoms with Gasteiger partial charge in [-0.15, -0.1) is 0 Å². The van der Waals surface area contributed by atoms with E-state index in [1.165, 1.54) is 0 Å². The van der Waals surface area contributed by atoms with Crippen LogP contribution in [0, 0.1) is 0 Å². The van der Waals surface area contributed by atoms with Gasteiger partial charge >= 0.3 is 6.03 Å². The van der Waals surface area contributed by atoms with Crippen LogP contribution in [-0.2, 0) is 16.1 Å². The van der Waals surface area contributed by atoms with Crippen LogP contribution in [0.5, 0.6) is 0 Å². The van der Waals surface area contributed by atoms with E-state index in [2.05, 4.69) is 10.6 Å². The molecule has 1 unspecified atom stereocenters. The molecule has 1 aliphatic rings. The van der Waals surface area contributed by atoms with Crippen LogP contribution in [0.4, 0.5) is 4.79 Å². The molecule has 0 saturated carbocycles. The van der Waals surface area contributed by atoms with Crippen LogP contribution >= 0.6 is 0 Å². The summed E-state index contributed by atoms with van der Waals surface area (Å²) in [6.07, 6.45) is 0.352. The average Bonchev–Trinajstić information content (AvgIpc) is 2.80. The van der Waals surface area contributed by atoms with E-state index < -0.39 is 0 Å². The fourth-order valence-corrected chi connectivity index (χ4v) is 2.33. The number of amides is 3. The highest BCUT2D eigenvalue weighted by Gasteiger charge is 2.30. The van der Waals surface area contributed by atoms with E-state index in [4.69, 9.17) is 4.74 Å².